The average Bonchev–Trinajstić information content (AvgIpc) is 2.36. The second kappa shape index (κ2) is 7.94. The van der Waals surface area contributed by atoms with Gasteiger partial charge in [-0.05, 0) is 43.3 Å². The highest BCUT2D eigenvalue weighted by Gasteiger charge is 2.37. The van der Waals surface area contributed by atoms with E-state index in [4.69, 9.17) is 25.9 Å². The molecule has 1 atom stereocenters. The minimum Gasteiger partial charge on any atom is -0.308 e. The Morgan fingerprint density at radius 2 is 2.05 bits per heavy atom. The molecule has 0 saturated heterocycles. The number of hydrogen-bond acceptors (Lipinski definition) is 5. The quantitative estimate of drug-likeness (QED) is 0.532. The number of rotatable bonds is 7. The maximum absolute atomic E-state index is 12.8. The summed E-state index contributed by atoms with van der Waals surface area (Å²) in [6.45, 7) is 3.97. The summed E-state index contributed by atoms with van der Waals surface area (Å²) in [5.74, 6) is 0. The van der Waals surface area contributed by atoms with Crippen LogP contribution in [0, 0.1) is 10.7 Å². The van der Waals surface area contributed by atoms with Crippen molar-refractivity contribution in [3.63, 3.8) is 0 Å². The fourth-order valence-corrected chi connectivity index (χ4v) is 4.75. The van der Waals surface area contributed by atoms with Crippen molar-refractivity contribution in [1.82, 2.24) is 0 Å². The van der Waals surface area contributed by atoms with E-state index < -0.39 is 12.6 Å². The Balaban J connectivity index is 3.17. The smallest absolute Gasteiger partial charge is 0.308 e. The zero-order chi connectivity index (χ0) is 14.3. The summed E-state index contributed by atoms with van der Waals surface area (Å²) in [4.78, 5) is -0.698. The number of thiocyanates is 1. The lowest BCUT2D eigenvalue weighted by atomic mass is 10.2. The van der Waals surface area contributed by atoms with Gasteiger partial charge in [0.05, 0.1) is 13.2 Å². The van der Waals surface area contributed by atoms with Crippen LogP contribution in [-0.4, -0.2) is 13.2 Å². The van der Waals surface area contributed by atoms with E-state index in [2.05, 4.69) is 0 Å². The molecule has 0 saturated carbocycles. The van der Waals surface area contributed by atoms with E-state index in [9.17, 15) is 4.57 Å². The lowest BCUT2D eigenvalue weighted by molar-refractivity contribution is 0.218. The molecule has 0 aromatic heterocycles. The lowest BCUT2D eigenvalue weighted by Gasteiger charge is -2.24. The first kappa shape index (κ1) is 16.6. The third-order valence-electron chi connectivity index (χ3n) is 2.20. The predicted molar refractivity (Wildman–Crippen MR) is 78.3 cm³/mol. The van der Waals surface area contributed by atoms with E-state index in [1.54, 1.807) is 38.1 Å². The van der Waals surface area contributed by atoms with Crippen molar-refractivity contribution >= 4 is 31.0 Å². The molecule has 1 aromatic rings. The van der Waals surface area contributed by atoms with Crippen LogP contribution in [0.3, 0.4) is 0 Å². The highest BCUT2D eigenvalue weighted by Crippen LogP contribution is 2.65. The van der Waals surface area contributed by atoms with Crippen LogP contribution in [0.15, 0.2) is 24.3 Å². The largest absolute Gasteiger partial charge is 0.349 e. The maximum atomic E-state index is 12.8. The molecule has 0 fully saturated rings. The van der Waals surface area contributed by atoms with Crippen LogP contribution < -0.4 is 0 Å². The van der Waals surface area contributed by atoms with Crippen molar-refractivity contribution < 1.29 is 13.6 Å². The third kappa shape index (κ3) is 4.52. The standard InChI is InChI=1S/C12H15ClNO3PS/c1-3-16-18(15,17-4-2)12(19-9-14)10-6-5-7-11(13)8-10/h5-8,12H,3-4H2,1-2H3. The fraction of sp³-hybridized carbons (Fsp3) is 0.417. The van der Waals surface area contributed by atoms with Gasteiger partial charge < -0.3 is 9.05 Å². The van der Waals surface area contributed by atoms with Gasteiger partial charge in [0.25, 0.3) is 0 Å². The first-order valence-electron chi connectivity index (χ1n) is 5.76. The molecule has 1 unspecified atom stereocenters. The molecule has 0 aliphatic heterocycles. The zero-order valence-corrected chi connectivity index (χ0v) is 13.2. The van der Waals surface area contributed by atoms with Crippen LogP contribution in [0.4, 0.5) is 0 Å². The summed E-state index contributed by atoms with van der Waals surface area (Å²) in [6, 6.07) is 6.88. The molecule has 0 bridgehead atoms. The minimum absolute atomic E-state index is 0.250. The number of halogens is 1. The summed E-state index contributed by atoms with van der Waals surface area (Å²) >= 11 is 6.79. The third-order valence-corrected chi connectivity index (χ3v) is 6.24. The van der Waals surface area contributed by atoms with E-state index in [-0.39, 0.29) is 13.2 Å². The minimum atomic E-state index is -3.41. The Morgan fingerprint density at radius 3 is 2.53 bits per heavy atom. The summed E-state index contributed by atoms with van der Waals surface area (Å²) in [7, 11) is -3.41. The fourth-order valence-electron chi connectivity index (χ4n) is 1.56. The van der Waals surface area contributed by atoms with Gasteiger partial charge in [-0.25, -0.2) is 0 Å². The Hall–Kier alpha value is -0.500. The molecular formula is C12H15ClNO3PS. The van der Waals surface area contributed by atoms with E-state index in [1.807, 2.05) is 5.40 Å². The molecule has 0 spiro atoms. The van der Waals surface area contributed by atoms with E-state index in [0.29, 0.717) is 10.6 Å². The van der Waals surface area contributed by atoms with Crippen molar-refractivity contribution in [1.29, 1.82) is 5.26 Å². The summed E-state index contributed by atoms with van der Waals surface area (Å²) in [5.41, 5.74) is 0.657. The molecule has 0 aliphatic rings. The highest BCUT2D eigenvalue weighted by molar-refractivity contribution is 8.08. The number of benzene rings is 1. The monoisotopic (exact) mass is 319 g/mol. The van der Waals surface area contributed by atoms with Gasteiger partial charge in [0.15, 0.2) is 0 Å². The normalized spacial score (nSPS) is 12.9. The van der Waals surface area contributed by atoms with Crippen LogP contribution in [0.25, 0.3) is 0 Å². The Morgan fingerprint density at radius 1 is 1.42 bits per heavy atom. The number of nitrogens with zero attached hydrogens (tertiary/aromatic N) is 1. The summed E-state index contributed by atoms with van der Waals surface area (Å²) < 4.78 is 23.3. The van der Waals surface area contributed by atoms with Crippen molar-refractivity contribution in [3.05, 3.63) is 34.9 Å². The van der Waals surface area contributed by atoms with Gasteiger partial charge in [0.2, 0.25) is 0 Å². The van der Waals surface area contributed by atoms with Crippen LogP contribution in [0.1, 0.15) is 24.4 Å². The first-order chi connectivity index (χ1) is 9.07. The van der Waals surface area contributed by atoms with Crippen molar-refractivity contribution in [2.45, 2.75) is 18.8 Å². The molecule has 0 aliphatic carbocycles. The van der Waals surface area contributed by atoms with Gasteiger partial charge >= 0.3 is 7.60 Å². The number of thioether (sulfide) groups is 1. The Bertz CT molecular complexity index is 496. The topological polar surface area (TPSA) is 59.3 Å². The predicted octanol–water partition coefficient (Wildman–Crippen LogP) is 4.82. The maximum Gasteiger partial charge on any atom is 0.349 e. The van der Waals surface area contributed by atoms with Gasteiger partial charge in [-0.3, -0.25) is 4.57 Å². The van der Waals surface area contributed by atoms with Gasteiger partial charge in [0.1, 0.15) is 10.4 Å². The van der Waals surface area contributed by atoms with E-state index >= 15 is 0 Å². The van der Waals surface area contributed by atoms with E-state index in [1.165, 1.54) is 0 Å². The molecule has 0 N–H and O–H groups in total. The molecule has 0 amide bonds. The van der Waals surface area contributed by atoms with E-state index in [0.717, 1.165) is 11.8 Å². The number of nitriles is 1. The summed E-state index contributed by atoms with van der Waals surface area (Å²) in [6.07, 6.45) is 0. The molecule has 1 rings (SSSR count). The van der Waals surface area contributed by atoms with Gasteiger partial charge in [-0.2, -0.15) is 5.26 Å². The van der Waals surface area contributed by atoms with Crippen molar-refractivity contribution in [2.24, 2.45) is 0 Å². The van der Waals surface area contributed by atoms with Gasteiger partial charge in [-0.15, -0.1) is 0 Å². The van der Waals surface area contributed by atoms with Crippen molar-refractivity contribution in [3.8, 4) is 5.40 Å². The van der Waals surface area contributed by atoms with Gasteiger partial charge in [0, 0.05) is 5.02 Å². The molecule has 1 aromatic carbocycles. The molecule has 0 heterocycles. The average molecular weight is 320 g/mol. The zero-order valence-electron chi connectivity index (χ0n) is 10.7. The Labute approximate surface area is 122 Å². The van der Waals surface area contributed by atoms with Crippen LogP contribution in [-0.2, 0) is 13.6 Å². The van der Waals surface area contributed by atoms with Crippen LogP contribution >= 0.6 is 31.0 Å². The summed E-state index contributed by atoms with van der Waals surface area (Å²) in [5, 5.41) is 11.4. The molecular weight excluding hydrogens is 305 g/mol. The van der Waals surface area contributed by atoms with Crippen molar-refractivity contribution in [2.75, 3.05) is 13.2 Å². The molecule has 104 valence electrons. The number of hydrogen-bond donors (Lipinski definition) is 0. The highest BCUT2D eigenvalue weighted by atomic mass is 35.5. The second-order valence-corrected chi connectivity index (χ2v) is 7.28. The van der Waals surface area contributed by atoms with Gasteiger partial charge in [-0.1, -0.05) is 23.7 Å². The SMILES string of the molecule is CCOP(=O)(OCC)C(SC#N)c1cccc(Cl)c1. The second-order valence-electron chi connectivity index (χ2n) is 3.49. The molecule has 19 heavy (non-hydrogen) atoms. The first-order valence-corrected chi connectivity index (χ1v) is 8.63. The molecule has 7 heteroatoms. The molecule has 4 nitrogen and oxygen atoms in total. The lowest BCUT2D eigenvalue weighted by Crippen LogP contribution is -2.03. The Kier molecular flexibility index (Phi) is 6.92. The van der Waals surface area contributed by atoms with Crippen LogP contribution in [0.2, 0.25) is 5.02 Å². The molecule has 0 radical (unpaired) electrons. The van der Waals surface area contributed by atoms with Crippen LogP contribution in [0.5, 0.6) is 0 Å².